The van der Waals surface area contributed by atoms with Crippen molar-refractivity contribution in [2.75, 3.05) is 32.1 Å². The van der Waals surface area contributed by atoms with Gasteiger partial charge in [0.05, 0.1) is 12.2 Å². The molecule has 2 rings (SSSR count). The summed E-state index contributed by atoms with van der Waals surface area (Å²) in [5.41, 5.74) is 1.00. The van der Waals surface area contributed by atoms with E-state index in [-0.39, 0.29) is 0 Å². The Morgan fingerprint density at radius 2 is 2.17 bits per heavy atom. The number of aromatic nitrogens is 1. The Hall–Kier alpha value is -1.60. The van der Waals surface area contributed by atoms with E-state index in [2.05, 4.69) is 57.4 Å². The summed E-state index contributed by atoms with van der Waals surface area (Å²) in [4.78, 5) is 12.6. The van der Waals surface area contributed by atoms with Crippen molar-refractivity contribution in [2.45, 2.75) is 26.3 Å². The lowest BCUT2D eigenvalue weighted by Crippen LogP contribution is -2.39. The Balaban J connectivity index is 1.91. The number of anilines is 1. The first kappa shape index (κ1) is 17.7. The first-order valence-corrected chi connectivity index (χ1v) is 9.53. The van der Waals surface area contributed by atoms with E-state index >= 15 is 0 Å². The van der Waals surface area contributed by atoms with Gasteiger partial charge in [-0.2, -0.15) is 0 Å². The average molecular weight is 352 g/mol. The van der Waals surface area contributed by atoms with Gasteiger partial charge in [-0.05, 0) is 18.4 Å². The molecule has 0 fully saturated rings. The third-order valence-corrected chi connectivity index (χ3v) is 5.43. The van der Waals surface area contributed by atoms with Gasteiger partial charge in [0.25, 0.3) is 0 Å². The zero-order chi connectivity index (χ0) is 16.7. The fourth-order valence-electron chi connectivity index (χ4n) is 2.00. The maximum atomic E-state index is 4.63. The summed E-state index contributed by atoms with van der Waals surface area (Å²) in [6.07, 6.45) is 0. The van der Waals surface area contributed by atoms with E-state index in [0.29, 0.717) is 12.5 Å². The van der Waals surface area contributed by atoms with Gasteiger partial charge < -0.3 is 15.5 Å². The molecule has 0 aliphatic rings. The van der Waals surface area contributed by atoms with Gasteiger partial charge in [0, 0.05) is 43.4 Å². The zero-order valence-electron chi connectivity index (χ0n) is 14.2. The number of hydrogen-bond donors (Lipinski definition) is 2. The van der Waals surface area contributed by atoms with Crippen LogP contribution in [0.4, 0.5) is 5.13 Å². The van der Waals surface area contributed by atoms with Crippen LogP contribution in [0.25, 0.3) is 0 Å². The van der Waals surface area contributed by atoms with E-state index in [1.165, 1.54) is 4.88 Å². The summed E-state index contributed by atoms with van der Waals surface area (Å²) in [6.45, 7) is 6.61. The molecule has 0 saturated carbocycles. The Bertz CT molecular complexity index is 604. The number of guanidine groups is 1. The molecule has 0 spiro atoms. The maximum Gasteiger partial charge on any atom is 0.191 e. The molecule has 0 saturated heterocycles. The Labute approximate surface area is 146 Å². The summed E-state index contributed by atoms with van der Waals surface area (Å²) in [7, 11) is 4.01. The van der Waals surface area contributed by atoms with E-state index in [9.17, 15) is 0 Å². The highest BCUT2D eigenvalue weighted by Gasteiger charge is 2.08. The molecule has 0 aromatic carbocycles. The Kier molecular flexibility index (Phi) is 6.85. The highest BCUT2D eigenvalue weighted by atomic mass is 32.1. The second kappa shape index (κ2) is 8.88. The summed E-state index contributed by atoms with van der Waals surface area (Å²) >= 11 is 3.44. The molecule has 2 aromatic rings. The van der Waals surface area contributed by atoms with Gasteiger partial charge in [0.15, 0.2) is 11.1 Å². The van der Waals surface area contributed by atoms with Crippen LogP contribution in [0.15, 0.2) is 27.9 Å². The molecule has 2 heterocycles. The van der Waals surface area contributed by atoms with Gasteiger partial charge >= 0.3 is 0 Å². The van der Waals surface area contributed by atoms with Gasteiger partial charge in [-0.25, -0.2) is 9.98 Å². The quantitative estimate of drug-likeness (QED) is 0.594. The average Bonchev–Trinajstić information content (AvgIpc) is 3.20. The van der Waals surface area contributed by atoms with Gasteiger partial charge in [-0.15, -0.1) is 22.7 Å². The number of rotatable bonds is 7. The summed E-state index contributed by atoms with van der Waals surface area (Å²) in [5, 5.41) is 11.9. The monoisotopic (exact) mass is 351 g/mol. The molecule has 23 heavy (non-hydrogen) atoms. The lowest BCUT2D eigenvalue weighted by Gasteiger charge is -2.14. The second-order valence-corrected chi connectivity index (χ2v) is 7.32. The smallest absolute Gasteiger partial charge is 0.191 e. The molecule has 126 valence electrons. The van der Waals surface area contributed by atoms with Crippen LogP contribution in [-0.2, 0) is 6.54 Å². The summed E-state index contributed by atoms with van der Waals surface area (Å²) < 4.78 is 0. The Morgan fingerprint density at radius 1 is 1.35 bits per heavy atom. The third-order valence-electron chi connectivity index (χ3n) is 3.27. The summed E-state index contributed by atoms with van der Waals surface area (Å²) in [5.74, 6) is 1.31. The predicted molar refractivity (Wildman–Crippen MR) is 102 cm³/mol. The van der Waals surface area contributed by atoms with E-state index in [0.717, 1.165) is 29.9 Å². The lowest BCUT2D eigenvalue weighted by molar-refractivity contribution is 0.709. The first-order chi connectivity index (χ1) is 11.1. The number of thiazole rings is 1. The van der Waals surface area contributed by atoms with Crippen molar-refractivity contribution in [3.05, 3.63) is 33.5 Å². The molecule has 0 bridgehead atoms. The number of hydrogen-bond acceptors (Lipinski definition) is 5. The van der Waals surface area contributed by atoms with E-state index in [4.69, 9.17) is 0 Å². The van der Waals surface area contributed by atoms with Crippen LogP contribution < -0.4 is 15.5 Å². The van der Waals surface area contributed by atoms with Crippen LogP contribution in [0.3, 0.4) is 0 Å². The number of aliphatic imine (C=N–C) groups is 1. The predicted octanol–water partition coefficient (Wildman–Crippen LogP) is 3.13. The van der Waals surface area contributed by atoms with E-state index in [1.807, 2.05) is 19.0 Å². The minimum atomic E-state index is 0.471. The number of thiophene rings is 1. The molecule has 7 heteroatoms. The molecular weight excluding hydrogens is 326 g/mol. The fourth-order valence-corrected chi connectivity index (χ4v) is 3.53. The minimum Gasteiger partial charge on any atom is -0.357 e. The van der Waals surface area contributed by atoms with Crippen molar-refractivity contribution in [3.63, 3.8) is 0 Å². The van der Waals surface area contributed by atoms with Gasteiger partial charge in [-0.3, -0.25) is 0 Å². The van der Waals surface area contributed by atoms with Crippen molar-refractivity contribution in [1.29, 1.82) is 0 Å². The van der Waals surface area contributed by atoms with Crippen LogP contribution in [0.5, 0.6) is 0 Å². The van der Waals surface area contributed by atoms with Gasteiger partial charge in [0.2, 0.25) is 0 Å². The molecule has 0 radical (unpaired) electrons. The van der Waals surface area contributed by atoms with Crippen LogP contribution in [0, 0.1) is 0 Å². The number of nitrogens with zero attached hydrogens (tertiary/aromatic N) is 3. The van der Waals surface area contributed by atoms with Crippen LogP contribution in [0.2, 0.25) is 0 Å². The molecule has 1 unspecified atom stereocenters. The molecular formula is C16H25N5S2. The molecule has 1 atom stereocenters. The third kappa shape index (κ3) is 5.51. The minimum absolute atomic E-state index is 0.471. The second-order valence-electron chi connectivity index (χ2n) is 5.51. The topological polar surface area (TPSA) is 52.6 Å². The molecule has 0 aliphatic carbocycles. The standard InChI is InChI=1S/C16H25N5S2/c1-5-17-15(18-9-12(2)14-7-6-8-22-14)19-10-13-11-23-16(20-13)21(3)4/h6-8,11-12H,5,9-10H2,1-4H3,(H2,17,18,19). The fraction of sp³-hybridized carbons (Fsp3) is 0.500. The van der Waals surface area contributed by atoms with Crippen molar-refractivity contribution in [3.8, 4) is 0 Å². The van der Waals surface area contributed by atoms with E-state index < -0.39 is 0 Å². The van der Waals surface area contributed by atoms with Crippen molar-refractivity contribution in [2.24, 2.45) is 4.99 Å². The van der Waals surface area contributed by atoms with Crippen molar-refractivity contribution < 1.29 is 0 Å². The SMILES string of the molecule is CCNC(=NCc1csc(N(C)C)n1)NCC(C)c1cccs1. The van der Waals surface area contributed by atoms with Crippen LogP contribution >= 0.6 is 22.7 Å². The molecule has 2 N–H and O–H groups in total. The highest BCUT2D eigenvalue weighted by molar-refractivity contribution is 7.13. The lowest BCUT2D eigenvalue weighted by atomic mass is 10.1. The van der Waals surface area contributed by atoms with Crippen LogP contribution in [0.1, 0.15) is 30.3 Å². The van der Waals surface area contributed by atoms with Crippen LogP contribution in [-0.4, -0.2) is 38.1 Å². The summed E-state index contributed by atoms with van der Waals surface area (Å²) in [6, 6.07) is 4.28. The van der Waals surface area contributed by atoms with Crippen molar-refractivity contribution >= 4 is 33.8 Å². The molecule has 2 aromatic heterocycles. The van der Waals surface area contributed by atoms with Crippen molar-refractivity contribution in [1.82, 2.24) is 15.6 Å². The molecule has 5 nitrogen and oxygen atoms in total. The Morgan fingerprint density at radius 3 is 2.78 bits per heavy atom. The van der Waals surface area contributed by atoms with E-state index in [1.54, 1.807) is 22.7 Å². The maximum absolute atomic E-state index is 4.63. The molecule has 0 amide bonds. The zero-order valence-corrected chi connectivity index (χ0v) is 15.8. The normalized spacial score (nSPS) is 13.0. The first-order valence-electron chi connectivity index (χ1n) is 7.77. The largest absolute Gasteiger partial charge is 0.357 e. The van der Waals surface area contributed by atoms with Gasteiger partial charge in [-0.1, -0.05) is 13.0 Å². The highest BCUT2D eigenvalue weighted by Crippen LogP contribution is 2.20. The van der Waals surface area contributed by atoms with Gasteiger partial charge in [0.1, 0.15) is 0 Å². The molecule has 0 aliphatic heterocycles. The number of nitrogens with one attached hydrogen (secondary N) is 2.